The van der Waals surface area contributed by atoms with E-state index in [1.54, 1.807) is 24.8 Å². The fourth-order valence-electron chi connectivity index (χ4n) is 2.84. The van der Waals surface area contributed by atoms with Gasteiger partial charge < -0.3 is 31.5 Å². The first kappa shape index (κ1) is 43.4. The number of aliphatic hydroxyl groups is 1. The molecule has 0 atom stereocenters. The fraction of sp³-hybridized carbons (Fsp3) is 0.667. The highest BCUT2D eigenvalue weighted by atomic mass is 16.5. The molecule has 0 unspecified atom stereocenters. The zero-order valence-corrected chi connectivity index (χ0v) is 26.2. The second kappa shape index (κ2) is 39.9. The molecule has 6 N–H and O–H groups in total. The van der Waals surface area contributed by atoms with E-state index in [-0.39, 0.29) is 19.1 Å². The summed E-state index contributed by atoms with van der Waals surface area (Å²) >= 11 is 0. The Morgan fingerprint density at radius 3 is 2.23 bits per heavy atom. The van der Waals surface area contributed by atoms with Crippen molar-refractivity contribution >= 4 is 12.2 Å². The molecule has 0 aromatic rings. The van der Waals surface area contributed by atoms with Crippen LogP contribution >= 0.6 is 0 Å². The summed E-state index contributed by atoms with van der Waals surface area (Å²) in [6, 6.07) is 0. The number of carbonyl (C=O) groups is 1. The number of aliphatic imine (C=N–C) groups is 1. The molecule has 1 aliphatic heterocycles. The lowest BCUT2D eigenvalue weighted by atomic mass is 10.1. The Kier molecular flexibility index (Phi) is 44.4. The van der Waals surface area contributed by atoms with E-state index < -0.39 is 0 Å². The smallest absolute Gasteiger partial charge is 0.245 e. The van der Waals surface area contributed by atoms with Crippen LogP contribution in [0.2, 0.25) is 0 Å². The third-order valence-corrected chi connectivity index (χ3v) is 4.62. The van der Waals surface area contributed by atoms with Crippen molar-refractivity contribution in [2.75, 3.05) is 53.2 Å². The molecule has 1 fully saturated rings. The zero-order chi connectivity index (χ0) is 30.6. The van der Waals surface area contributed by atoms with Crippen molar-refractivity contribution in [3.63, 3.8) is 0 Å². The molecule has 0 saturated carbocycles. The minimum atomic E-state index is -0.264. The molecule has 230 valence electrons. The van der Waals surface area contributed by atoms with E-state index in [1.165, 1.54) is 57.9 Å². The van der Waals surface area contributed by atoms with Crippen LogP contribution in [-0.2, 0) is 9.53 Å². The molecule has 1 aliphatic rings. The lowest BCUT2D eigenvalue weighted by Crippen LogP contribution is -2.31. The van der Waals surface area contributed by atoms with Crippen LogP contribution < -0.4 is 21.7 Å². The molecule has 9 heteroatoms. The molecular formula is C30H62N6O3. The van der Waals surface area contributed by atoms with E-state index in [4.69, 9.17) is 15.6 Å². The van der Waals surface area contributed by atoms with Crippen LogP contribution in [0.5, 0.6) is 0 Å². The molecule has 1 heterocycles. The van der Waals surface area contributed by atoms with Crippen molar-refractivity contribution in [1.29, 1.82) is 0 Å². The molecule has 0 aliphatic carbocycles. The van der Waals surface area contributed by atoms with Gasteiger partial charge in [-0.25, -0.2) is 0 Å². The average Bonchev–Trinajstić information content (AvgIpc) is 2.98. The van der Waals surface area contributed by atoms with Gasteiger partial charge in [0.05, 0.1) is 6.34 Å². The summed E-state index contributed by atoms with van der Waals surface area (Å²) in [7, 11) is 1.65. The molecule has 0 aromatic heterocycles. The number of piperidine rings is 1. The average molecular weight is 555 g/mol. The van der Waals surface area contributed by atoms with E-state index in [1.807, 2.05) is 27.7 Å². The van der Waals surface area contributed by atoms with Gasteiger partial charge in [0.15, 0.2) is 0 Å². The predicted octanol–water partition coefficient (Wildman–Crippen LogP) is 4.68. The van der Waals surface area contributed by atoms with Crippen LogP contribution in [0.4, 0.5) is 0 Å². The molecule has 9 nitrogen and oxygen atoms in total. The third-order valence-electron chi connectivity index (χ3n) is 4.62. The first-order chi connectivity index (χ1) is 18.9. The van der Waals surface area contributed by atoms with Gasteiger partial charge in [-0.2, -0.15) is 0 Å². The van der Waals surface area contributed by atoms with Crippen molar-refractivity contribution in [3.8, 4) is 0 Å². The van der Waals surface area contributed by atoms with E-state index >= 15 is 0 Å². The molecule has 39 heavy (non-hydrogen) atoms. The highest BCUT2D eigenvalue weighted by molar-refractivity contribution is 5.80. The highest BCUT2D eigenvalue weighted by Crippen LogP contribution is 2.10. The Morgan fingerprint density at radius 1 is 1.10 bits per heavy atom. The van der Waals surface area contributed by atoms with Gasteiger partial charge in [0.2, 0.25) is 5.91 Å². The number of unbranched alkanes of at least 4 members (excludes halogenated alkanes) is 1. The van der Waals surface area contributed by atoms with Crippen LogP contribution in [-0.4, -0.2) is 75.4 Å². The summed E-state index contributed by atoms with van der Waals surface area (Å²) < 4.78 is 5.19. The molecule has 1 rings (SSSR count). The van der Waals surface area contributed by atoms with Gasteiger partial charge in [-0.05, 0) is 52.1 Å². The van der Waals surface area contributed by atoms with Crippen LogP contribution in [0.1, 0.15) is 80.1 Å². The maximum absolute atomic E-state index is 11.2. The molecule has 1 amide bonds. The van der Waals surface area contributed by atoms with Gasteiger partial charge in [0.25, 0.3) is 0 Å². The normalized spacial score (nSPS) is 13.0. The van der Waals surface area contributed by atoms with Gasteiger partial charge in [0.1, 0.15) is 19.1 Å². The lowest BCUT2D eigenvalue weighted by molar-refractivity contribution is -0.118. The van der Waals surface area contributed by atoms with Gasteiger partial charge in [-0.1, -0.05) is 78.0 Å². The second-order valence-corrected chi connectivity index (χ2v) is 7.84. The van der Waals surface area contributed by atoms with Crippen molar-refractivity contribution in [1.82, 2.24) is 20.9 Å². The standard InChI is InChI=1S/C11H23N5O3.C11H21N.C4H6.2C2H6/c1-13-10(12)6-16-11(18)7-14-8-15-9-19-5-3-2-4-17;1-3-7-11(2)10-12-8-5-4-6-9-12;1-3-4-2;2*1-2/h6,8,13,17H,2-5,7,9,12H2,1H3,(H,14,15)(H,16,18);7H,3-6,8-10H2,1-2H3;3-4H,1-2H2;2*1-2H3/b10-6+;11-7+;;;. The van der Waals surface area contributed by atoms with Crippen molar-refractivity contribution in [3.05, 3.63) is 49.0 Å². The lowest BCUT2D eigenvalue weighted by Gasteiger charge is -2.26. The van der Waals surface area contributed by atoms with E-state index in [0.717, 1.165) is 12.8 Å². The van der Waals surface area contributed by atoms with Gasteiger partial charge >= 0.3 is 0 Å². The SMILES string of the molecule is C=CC=C.CC.CC.CC/C=C(\C)CN1CCCCC1.CN/C(N)=C/NC(=O)CN=CNCOCCCCO. The fourth-order valence-corrected chi connectivity index (χ4v) is 2.84. The predicted molar refractivity (Wildman–Crippen MR) is 171 cm³/mol. The molecule has 0 bridgehead atoms. The zero-order valence-electron chi connectivity index (χ0n) is 26.2. The number of nitrogens with zero attached hydrogens (tertiary/aromatic N) is 2. The first-order valence-electron chi connectivity index (χ1n) is 14.4. The Morgan fingerprint density at radius 2 is 1.72 bits per heavy atom. The molecule has 0 spiro atoms. The Balaban J connectivity index is -0.000000260. The first-order valence-corrected chi connectivity index (χ1v) is 14.4. The summed E-state index contributed by atoms with van der Waals surface area (Å²) in [4.78, 5) is 17.7. The largest absolute Gasteiger partial charge is 0.396 e. The van der Waals surface area contributed by atoms with Gasteiger partial charge in [-0.15, -0.1) is 0 Å². The van der Waals surface area contributed by atoms with Crippen LogP contribution in [0, 0.1) is 0 Å². The summed E-state index contributed by atoms with van der Waals surface area (Å²) in [6.07, 6.45) is 15.4. The number of nitrogens with one attached hydrogen (secondary N) is 3. The summed E-state index contributed by atoms with van der Waals surface area (Å²) in [6.45, 7) is 24.1. The topological polar surface area (TPSA) is 124 Å². The van der Waals surface area contributed by atoms with E-state index in [2.05, 4.69) is 58.9 Å². The van der Waals surface area contributed by atoms with Crippen LogP contribution in [0.3, 0.4) is 0 Å². The Bertz CT molecular complexity index is 610. The number of rotatable bonds is 15. The number of ether oxygens (including phenoxy) is 1. The highest BCUT2D eigenvalue weighted by Gasteiger charge is 2.09. The van der Waals surface area contributed by atoms with Crippen molar-refractivity contribution in [2.24, 2.45) is 10.7 Å². The van der Waals surface area contributed by atoms with Gasteiger partial charge in [0, 0.05) is 33.0 Å². The quantitative estimate of drug-likeness (QED) is 0.0497. The molecule has 1 saturated heterocycles. The minimum Gasteiger partial charge on any atom is -0.396 e. The number of carbonyl (C=O) groups excluding carboxylic acids is 1. The number of likely N-dealkylation sites (tertiary alicyclic amines) is 1. The number of hydrogen-bond acceptors (Lipinski definition) is 7. The molecule has 0 aromatic carbocycles. The Labute approximate surface area is 240 Å². The number of aliphatic hydroxyl groups excluding tert-OH is 1. The van der Waals surface area contributed by atoms with Crippen molar-refractivity contribution < 1.29 is 14.6 Å². The summed E-state index contributed by atoms with van der Waals surface area (Å²) in [5.74, 6) is 0.104. The molecule has 0 radical (unpaired) electrons. The van der Waals surface area contributed by atoms with E-state index in [0.29, 0.717) is 19.2 Å². The number of nitrogens with two attached hydrogens (primary N) is 1. The maximum Gasteiger partial charge on any atom is 0.245 e. The van der Waals surface area contributed by atoms with Crippen LogP contribution in [0.25, 0.3) is 0 Å². The summed E-state index contributed by atoms with van der Waals surface area (Å²) in [5.41, 5.74) is 6.96. The third kappa shape index (κ3) is 40.0. The van der Waals surface area contributed by atoms with Gasteiger partial charge in [-0.3, -0.25) is 14.7 Å². The number of allylic oxidation sites excluding steroid dienone is 3. The summed E-state index contributed by atoms with van der Waals surface area (Å²) in [5, 5.41) is 16.5. The monoisotopic (exact) mass is 554 g/mol. The molecular weight excluding hydrogens is 492 g/mol. The van der Waals surface area contributed by atoms with Crippen LogP contribution in [0.15, 0.2) is 54.0 Å². The number of amides is 1. The Hall–Kier alpha value is -2.62. The maximum atomic E-state index is 11.2. The second-order valence-electron chi connectivity index (χ2n) is 7.84. The number of hydrogen-bond donors (Lipinski definition) is 5. The van der Waals surface area contributed by atoms with E-state index in [9.17, 15) is 4.79 Å². The minimum absolute atomic E-state index is 0.00497. The van der Waals surface area contributed by atoms with Crippen molar-refractivity contribution in [2.45, 2.75) is 80.1 Å².